The number of nitrogens with zero attached hydrogens (tertiary/aromatic N) is 3. The summed E-state index contributed by atoms with van der Waals surface area (Å²) in [5.74, 6) is 0.674. The van der Waals surface area contributed by atoms with Gasteiger partial charge in [-0.25, -0.2) is 4.98 Å². The summed E-state index contributed by atoms with van der Waals surface area (Å²) in [6.07, 6.45) is 4.54. The molecule has 0 aliphatic heterocycles. The molecular formula is C16H20N6O. The Labute approximate surface area is 133 Å². The number of fused-ring (bicyclic) bond motifs is 1. The number of aryl methyl sites for hydroxylation is 1. The van der Waals surface area contributed by atoms with Crippen LogP contribution < -0.4 is 11.1 Å². The molecule has 120 valence electrons. The smallest absolute Gasteiger partial charge is 0.237 e. The molecule has 2 aromatic heterocycles. The van der Waals surface area contributed by atoms with E-state index in [9.17, 15) is 4.79 Å². The first-order valence-corrected chi connectivity index (χ1v) is 7.56. The fourth-order valence-electron chi connectivity index (χ4n) is 2.61. The first-order valence-electron chi connectivity index (χ1n) is 7.56. The second-order valence-corrected chi connectivity index (χ2v) is 5.51. The molecule has 1 aromatic carbocycles. The van der Waals surface area contributed by atoms with Crippen LogP contribution in [0, 0.1) is 0 Å². The summed E-state index contributed by atoms with van der Waals surface area (Å²) in [6.45, 7) is 0.493. The first kappa shape index (κ1) is 15.2. The summed E-state index contributed by atoms with van der Waals surface area (Å²) in [6, 6.07) is 7.41. The van der Waals surface area contributed by atoms with Crippen LogP contribution >= 0.6 is 0 Å². The van der Waals surface area contributed by atoms with E-state index >= 15 is 0 Å². The molecule has 3 rings (SSSR count). The normalized spacial score (nSPS) is 12.4. The van der Waals surface area contributed by atoms with E-state index in [2.05, 4.69) is 20.4 Å². The van der Waals surface area contributed by atoms with E-state index in [0.717, 1.165) is 22.3 Å². The summed E-state index contributed by atoms with van der Waals surface area (Å²) in [5.41, 5.74) is 8.14. The Balaban J connectivity index is 1.54. The van der Waals surface area contributed by atoms with Crippen molar-refractivity contribution in [2.24, 2.45) is 12.8 Å². The molecule has 2 heterocycles. The molecule has 0 radical (unpaired) electrons. The van der Waals surface area contributed by atoms with Crippen molar-refractivity contribution >= 4 is 16.8 Å². The zero-order valence-electron chi connectivity index (χ0n) is 13.0. The Hall–Kier alpha value is -2.67. The topological polar surface area (TPSA) is 102 Å². The predicted octanol–water partition coefficient (Wildman–Crippen LogP) is 0.525. The fraction of sp³-hybridized carbons (Fsp3) is 0.312. The molecule has 1 amide bonds. The maximum absolute atomic E-state index is 12.1. The molecule has 0 saturated heterocycles. The van der Waals surface area contributed by atoms with Gasteiger partial charge in [0.1, 0.15) is 12.2 Å². The van der Waals surface area contributed by atoms with Crippen molar-refractivity contribution in [3.63, 3.8) is 0 Å². The molecule has 4 N–H and O–H groups in total. The number of benzene rings is 1. The van der Waals surface area contributed by atoms with Gasteiger partial charge in [0.15, 0.2) is 0 Å². The molecule has 0 unspecified atom stereocenters. The van der Waals surface area contributed by atoms with Crippen molar-refractivity contribution in [2.75, 3.05) is 6.54 Å². The number of H-pyrrole nitrogens is 1. The lowest BCUT2D eigenvalue weighted by atomic mass is 10.1. The number of carbonyl (C=O) groups is 1. The van der Waals surface area contributed by atoms with Crippen LogP contribution in [0.5, 0.6) is 0 Å². The molecular weight excluding hydrogens is 292 g/mol. The van der Waals surface area contributed by atoms with Crippen LogP contribution in [0.25, 0.3) is 10.9 Å². The summed E-state index contributed by atoms with van der Waals surface area (Å²) >= 11 is 0. The highest BCUT2D eigenvalue weighted by atomic mass is 16.2. The molecule has 0 saturated carbocycles. The Kier molecular flexibility index (Phi) is 4.38. The summed E-state index contributed by atoms with van der Waals surface area (Å²) in [5, 5.41) is 7.95. The van der Waals surface area contributed by atoms with Crippen molar-refractivity contribution in [3.8, 4) is 0 Å². The highest BCUT2D eigenvalue weighted by molar-refractivity contribution is 5.86. The third-order valence-electron chi connectivity index (χ3n) is 3.90. The van der Waals surface area contributed by atoms with Crippen LogP contribution in [0.15, 0.2) is 36.8 Å². The third-order valence-corrected chi connectivity index (χ3v) is 3.90. The number of amides is 1. The Morgan fingerprint density at radius 3 is 3.04 bits per heavy atom. The van der Waals surface area contributed by atoms with E-state index in [1.165, 1.54) is 6.33 Å². The van der Waals surface area contributed by atoms with Gasteiger partial charge in [-0.15, -0.1) is 0 Å². The minimum absolute atomic E-state index is 0.155. The number of carbonyl (C=O) groups excluding carboxylic acids is 1. The molecule has 3 aromatic rings. The Bertz CT molecular complexity index is 806. The van der Waals surface area contributed by atoms with Gasteiger partial charge in [0.2, 0.25) is 5.91 Å². The van der Waals surface area contributed by atoms with Gasteiger partial charge in [-0.2, -0.15) is 5.10 Å². The number of rotatable bonds is 6. The number of aromatic amines is 1. The van der Waals surface area contributed by atoms with Crippen molar-refractivity contribution in [1.82, 2.24) is 25.1 Å². The van der Waals surface area contributed by atoms with Crippen LogP contribution in [0.1, 0.15) is 11.4 Å². The number of para-hydroxylation sites is 1. The van der Waals surface area contributed by atoms with Gasteiger partial charge in [-0.3, -0.25) is 9.48 Å². The van der Waals surface area contributed by atoms with Crippen molar-refractivity contribution in [3.05, 3.63) is 48.2 Å². The maximum Gasteiger partial charge on any atom is 0.237 e. The van der Waals surface area contributed by atoms with Gasteiger partial charge in [-0.05, 0) is 18.1 Å². The molecule has 0 spiro atoms. The van der Waals surface area contributed by atoms with Crippen molar-refractivity contribution in [2.45, 2.75) is 18.9 Å². The quantitative estimate of drug-likeness (QED) is 0.618. The number of hydrogen-bond acceptors (Lipinski definition) is 4. The Morgan fingerprint density at radius 2 is 2.26 bits per heavy atom. The second kappa shape index (κ2) is 6.62. The molecule has 23 heavy (non-hydrogen) atoms. The van der Waals surface area contributed by atoms with Crippen LogP contribution in [0.2, 0.25) is 0 Å². The molecule has 0 aliphatic carbocycles. The van der Waals surface area contributed by atoms with Gasteiger partial charge < -0.3 is 16.0 Å². The van der Waals surface area contributed by atoms with Gasteiger partial charge in [0.25, 0.3) is 0 Å². The van der Waals surface area contributed by atoms with Gasteiger partial charge in [0, 0.05) is 37.1 Å². The minimum Gasteiger partial charge on any atom is -0.361 e. The van der Waals surface area contributed by atoms with Gasteiger partial charge >= 0.3 is 0 Å². The molecule has 1 atom stereocenters. The molecule has 0 bridgehead atoms. The molecule has 7 nitrogen and oxygen atoms in total. The lowest BCUT2D eigenvalue weighted by molar-refractivity contribution is -0.122. The summed E-state index contributed by atoms with van der Waals surface area (Å²) in [7, 11) is 1.83. The maximum atomic E-state index is 12.1. The van der Waals surface area contributed by atoms with E-state index < -0.39 is 6.04 Å². The summed E-state index contributed by atoms with van der Waals surface area (Å²) < 4.78 is 1.69. The zero-order valence-corrected chi connectivity index (χ0v) is 13.0. The van der Waals surface area contributed by atoms with E-state index in [4.69, 9.17) is 5.73 Å². The Morgan fingerprint density at radius 1 is 1.43 bits per heavy atom. The SMILES string of the molecule is Cn1ncnc1CCNC(=O)[C@@H](N)Cc1c[nH]c2ccccc12. The largest absolute Gasteiger partial charge is 0.361 e. The van der Waals surface area contributed by atoms with E-state index in [-0.39, 0.29) is 5.91 Å². The van der Waals surface area contributed by atoms with Crippen LogP contribution in [-0.4, -0.2) is 38.2 Å². The predicted molar refractivity (Wildman–Crippen MR) is 87.7 cm³/mol. The lowest BCUT2D eigenvalue weighted by Gasteiger charge is -2.11. The van der Waals surface area contributed by atoms with Gasteiger partial charge in [-0.1, -0.05) is 18.2 Å². The number of nitrogens with one attached hydrogen (secondary N) is 2. The van der Waals surface area contributed by atoms with E-state index in [1.54, 1.807) is 4.68 Å². The molecule has 7 heteroatoms. The van der Waals surface area contributed by atoms with Crippen LogP contribution in [0.4, 0.5) is 0 Å². The number of aromatic nitrogens is 4. The number of hydrogen-bond donors (Lipinski definition) is 3. The number of nitrogens with two attached hydrogens (primary N) is 1. The highest BCUT2D eigenvalue weighted by Gasteiger charge is 2.16. The van der Waals surface area contributed by atoms with E-state index in [1.807, 2.05) is 37.5 Å². The van der Waals surface area contributed by atoms with Crippen LogP contribution in [0.3, 0.4) is 0 Å². The molecule has 0 aliphatic rings. The average molecular weight is 312 g/mol. The van der Waals surface area contributed by atoms with Crippen LogP contribution in [-0.2, 0) is 24.7 Å². The van der Waals surface area contributed by atoms with E-state index in [0.29, 0.717) is 19.4 Å². The van der Waals surface area contributed by atoms with Crippen molar-refractivity contribution < 1.29 is 4.79 Å². The average Bonchev–Trinajstić information content (AvgIpc) is 3.14. The second-order valence-electron chi connectivity index (χ2n) is 5.51. The standard InChI is InChI=1S/C16H20N6O/c1-22-15(20-10-21-22)6-7-18-16(23)13(17)8-11-9-19-14-5-3-2-4-12(11)14/h2-5,9-10,13,19H,6-8,17H2,1H3,(H,18,23)/t13-/m0/s1. The summed E-state index contributed by atoms with van der Waals surface area (Å²) in [4.78, 5) is 19.4. The fourth-order valence-corrected chi connectivity index (χ4v) is 2.61. The van der Waals surface area contributed by atoms with Crippen molar-refractivity contribution in [1.29, 1.82) is 0 Å². The lowest BCUT2D eigenvalue weighted by Crippen LogP contribution is -2.42. The zero-order chi connectivity index (χ0) is 16.2. The first-order chi connectivity index (χ1) is 11.1. The molecule has 0 fully saturated rings. The highest BCUT2D eigenvalue weighted by Crippen LogP contribution is 2.18. The minimum atomic E-state index is -0.575. The monoisotopic (exact) mass is 312 g/mol. The van der Waals surface area contributed by atoms with Gasteiger partial charge in [0.05, 0.1) is 6.04 Å². The third kappa shape index (κ3) is 3.40.